The zero-order chi connectivity index (χ0) is 24.7. The van der Waals surface area contributed by atoms with E-state index < -0.39 is 17.3 Å². The molecule has 0 bridgehead atoms. The minimum absolute atomic E-state index is 0.00978. The van der Waals surface area contributed by atoms with E-state index in [-0.39, 0.29) is 17.3 Å². The molecule has 1 aromatic heterocycles. The van der Waals surface area contributed by atoms with Crippen molar-refractivity contribution in [2.24, 2.45) is 0 Å². The largest absolute Gasteiger partial charge is 0.338 e. The highest BCUT2D eigenvalue weighted by Crippen LogP contribution is 2.22. The van der Waals surface area contributed by atoms with Gasteiger partial charge in [0.15, 0.2) is 11.6 Å². The predicted octanol–water partition coefficient (Wildman–Crippen LogP) is 4.83. The van der Waals surface area contributed by atoms with Crippen LogP contribution in [0.4, 0.5) is 33.2 Å². The monoisotopic (exact) mass is 459 g/mol. The van der Waals surface area contributed by atoms with Crippen LogP contribution in [-0.4, -0.2) is 40.4 Å². The molecule has 2 aromatic carbocycles. The van der Waals surface area contributed by atoms with Crippen LogP contribution in [0.1, 0.15) is 13.8 Å². The molecule has 34 heavy (non-hydrogen) atoms. The molecule has 3 N–H and O–H groups in total. The maximum atomic E-state index is 14.2. The summed E-state index contributed by atoms with van der Waals surface area (Å²) in [4.78, 5) is 22.7. The molecule has 3 rings (SSSR count). The summed E-state index contributed by atoms with van der Waals surface area (Å²) in [5.74, 6) is -0.900. The average molecular weight is 460 g/mol. The first-order chi connectivity index (χ1) is 16.2. The van der Waals surface area contributed by atoms with Gasteiger partial charge < -0.3 is 20.9 Å². The highest BCUT2D eigenvalue weighted by Gasteiger charge is 2.21. The topological polar surface area (TPSA) is 106 Å². The number of amides is 1. The second-order valence-corrected chi connectivity index (χ2v) is 8.26. The molecule has 0 aliphatic carbocycles. The van der Waals surface area contributed by atoms with E-state index in [1.807, 2.05) is 57.1 Å². The van der Waals surface area contributed by atoms with Crippen molar-refractivity contribution in [1.82, 2.24) is 14.9 Å². The van der Waals surface area contributed by atoms with E-state index in [9.17, 15) is 14.4 Å². The van der Waals surface area contributed by atoms with E-state index in [2.05, 4.69) is 25.9 Å². The lowest BCUT2D eigenvalue weighted by Crippen LogP contribution is -2.37. The molecule has 0 unspecified atom stereocenters. The summed E-state index contributed by atoms with van der Waals surface area (Å²) in [5.41, 5.74) is 1.27. The first-order valence-electron chi connectivity index (χ1n) is 10.5. The van der Waals surface area contributed by atoms with Crippen LogP contribution in [-0.2, 0) is 4.79 Å². The molecular formula is C25H26FN7O. The lowest BCUT2D eigenvalue weighted by atomic mass is 10.00. The zero-order valence-electron chi connectivity index (χ0n) is 19.4. The van der Waals surface area contributed by atoms with Gasteiger partial charge in [-0.15, -0.1) is 0 Å². The van der Waals surface area contributed by atoms with Gasteiger partial charge in [-0.05, 0) is 64.4 Å². The number of aromatic nitrogens is 2. The summed E-state index contributed by atoms with van der Waals surface area (Å²) in [5, 5.41) is 18.1. The van der Waals surface area contributed by atoms with Gasteiger partial charge in [-0.1, -0.05) is 24.3 Å². The number of para-hydroxylation sites is 1. The fraction of sp³-hybridized carbons (Fsp3) is 0.200. The van der Waals surface area contributed by atoms with Gasteiger partial charge in [0, 0.05) is 22.6 Å². The standard InChI is InChI=1S/C25H26FN7O/c1-25(2,33(3)4)14-17(15-27)23(34)30-19-11-8-12-20(13-19)31-24-28-16-21(26)22(32-24)29-18-9-6-5-7-10-18/h5-14,16H,1-4H3,(H,30,34)(H2,28,29,31,32). The van der Waals surface area contributed by atoms with Crippen LogP contribution in [0.25, 0.3) is 0 Å². The summed E-state index contributed by atoms with van der Waals surface area (Å²) in [6.45, 7) is 3.82. The highest BCUT2D eigenvalue weighted by atomic mass is 19.1. The Kier molecular flexibility index (Phi) is 7.56. The van der Waals surface area contributed by atoms with Gasteiger partial charge in [0.1, 0.15) is 11.6 Å². The Morgan fingerprint density at radius 2 is 1.74 bits per heavy atom. The number of nitriles is 1. The van der Waals surface area contributed by atoms with Crippen molar-refractivity contribution < 1.29 is 9.18 Å². The normalized spacial score (nSPS) is 11.6. The van der Waals surface area contributed by atoms with Crippen molar-refractivity contribution in [1.29, 1.82) is 5.26 Å². The fourth-order valence-corrected chi connectivity index (χ4v) is 2.81. The van der Waals surface area contributed by atoms with E-state index in [0.717, 1.165) is 6.20 Å². The average Bonchev–Trinajstić information content (AvgIpc) is 2.80. The van der Waals surface area contributed by atoms with Gasteiger partial charge in [0.2, 0.25) is 5.95 Å². The van der Waals surface area contributed by atoms with Crippen molar-refractivity contribution in [2.75, 3.05) is 30.0 Å². The van der Waals surface area contributed by atoms with Crippen LogP contribution < -0.4 is 16.0 Å². The third-order valence-electron chi connectivity index (χ3n) is 5.17. The smallest absolute Gasteiger partial charge is 0.266 e. The summed E-state index contributed by atoms with van der Waals surface area (Å²) in [6.07, 6.45) is 2.70. The number of carbonyl (C=O) groups excluding carboxylic acids is 1. The highest BCUT2D eigenvalue weighted by molar-refractivity contribution is 6.06. The van der Waals surface area contributed by atoms with Gasteiger partial charge in [-0.2, -0.15) is 10.2 Å². The fourth-order valence-electron chi connectivity index (χ4n) is 2.81. The van der Waals surface area contributed by atoms with E-state index in [1.54, 1.807) is 42.5 Å². The van der Waals surface area contributed by atoms with E-state index >= 15 is 0 Å². The van der Waals surface area contributed by atoms with E-state index in [1.165, 1.54) is 0 Å². The quantitative estimate of drug-likeness (QED) is 0.327. The van der Waals surface area contributed by atoms with Crippen LogP contribution in [0, 0.1) is 17.1 Å². The van der Waals surface area contributed by atoms with Crippen LogP contribution in [0.15, 0.2) is 72.4 Å². The third kappa shape index (κ3) is 6.37. The van der Waals surface area contributed by atoms with E-state index in [4.69, 9.17) is 0 Å². The Morgan fingerprint density at radius 3 is 2.41 bits per heavy atom. The molecule has 0 aliphatic rings. The van der Waals surface area contributed by atoms with Gasteiger partial charge in [-0.25, -0.2) is 9.37 Å². The Morgan fingerprint density at radius 1 is 1.06 bits per heavy atom. The second kappa shape index (κ2) is 10.6. The van der Waals surface area contributed by atoms with Crippen LogP contribution in [0.5, 0.6) is 0 Å². The van der Waals surface area contributed by atoms with Gasteiger partial charge >= 0.3 is 0 Å². The van der Waals surface area contributed by atoms with E-state index in [0.29, 0.717) is 17.1 Å². The molecule has 0 radical (unpaired) electrons. The Bertz CT molecular complexity index is 1230. The van der Waals surface area contributed by atoms with Gasteiger partial charge in [-0.3, -0.25) is 4.79 Å². The number of carbonyl (C=O) groups is 1. The number of rotatable bonds is 8. The Hall–Kier alpha value is -4.29. The Labute approximate surface area is 198 Å². The number of nitrogens with one attached hydrogen (secondary N) is 3. The van der Waals surface area contributed by atoms with Gasteiger partial charge in [0.05, 0.1) is 6.20 Å². The lowest BCUT2D eigenvalue weighted by Gasteiger charge is -2.29. The minimum Gasteiger partial charge on any atom is -0.338 e. The number of anilines is 5. The first-order valence-corrected chi connectivity index (χ1v) is 10.5. The molecule has 1 amide bonds. The minimum atomic E-state index is -0.591. The molecule has 0 saturated carbocycles. The molecule has 9 heteroatoms. The Balaban J connectivity index is 1.75. The van der Waals surface area contributed by atoms with Crippen molar-refractivity contribution in [3.8, 4) is 6.07 Å². The third-order valence-corrected chi connectivity index (χ3v) is 5.17. The molecule has 0 aliphatic heterocycles. The maximum Gasteiger partial charge on any atom is 0.266 e. The summed E-state index contributed by atoms with van der Waals surface area (Å²) in [7, 11) is 3.74. The predicted molar refractivity (Wildman–Crippen MR) is 132 cm³/mol. The molecule has 0 atom stereocenters. The number of likely N-dealkylation sites (N-methyl/N-ethyl adjacent to an activating group) is 1. The molecule has 174 valence electrons. The summed E-state index contributed by atoms with van der Waals surface area (Å²) < 4.78 is 14.2. The molecular weight excluding hydrogens is 433 g/mol. The van der Waals surface area contributed by atoms with Crippen molar-refractivity contribution in [2.45, 2.75) is 19.4 Å². The summed E-state index contributed by atoms with van der Waals surface area (Å²) in [6, 6.07) is 17.9. The number of hydrogen-bond acceptors (Lipinski definition) is 7. The zero-order valence-corrected chi connectivity index (χ0v) is 19.4. The number of benzene rings is 2. The maximum absolute atomic E-state index is 14.2. The summed E-state index contributed by atoms with van der Waals surface area (Å²) >= 11 is 0. The molecule has 0 saturated heterocycles. The van der Waals surface area contributed by atoms with Crippen LogP contribution in [0.3, 0.4) is 0 Å². The number of hydrogen-bond donors (Lipinski definition) is 3. The molecule has 1 heterocycles. The molecule has 8 nitrogen and oxygen atoms in total. The van der Waals surface area contributed by atoms with Crippen molar-refractivity contribution >= 4 is 34.7 Å². The van der Waals surface area contributed by atoms with Crippen LogP contribution >= 0.6 is 0 Å². The first kappa shape index (κ1) is 24.4. The molecule has 0 fully saturated rings. The lowest BCUT2D eigenvalue weighted by molar-refractivity contribution is -0.112. The van der Waals surface area contributed by atoms with Crippen molar-refractivity contribution in [3.63, 3.8) is 0 Å². The van der Waals surface area contributed by atoms with Crippen LogP contribution in [0.2, 0.25) is 0 Å². The second-order valence-electron chi connectivity index (χ2n) is 8.26. The number of nitrogens with zero attached hydrogens (tertiary/aromatic N) is 4. The molecule has 3 aromatic rings. The van der Waals surface area contributed by atoms with Crippen molar-refractivity contribution in [3.05, 3.63) is 78.3 Å². The number of halogens is 1. The SMILES string of the molecule is CN(C)C(C)(C)C=C(C#N)C(=O)Nc1cccc(Nc2ncc(F)c(Nc3ccccc3)n2)c1. The molecule has 0 spiro atoms. The van der Waals surface area contributed by atoms with Gasteiger partial charge in [0.25, 0.3) is 5.91 Å².